The Balaban J connectivity index is 2.30. The molecule has 4 heteroatoms. The van der Waals surface area contributed by atoms with E-state index in [2.05, 4.69) is 9.55 Å². The van der Waals surface area contributed by atoms with Gasteiger partial charge in [0.1, 0.15) is 5.75 Å². The van der Waals surface area contributed by atoms with Gasteiger partial charge in [-0.25, -0.2) is 4.98 Å². The van der Waals surface area contributed by atoms with Gasteiger partial charge in [-0.15, -0.1) is 0 Å². The summed E-state index contributed by atoms with van der Waals surface area (Å²) in [4.78, 5) is 4.25. The topological polar surface area (TPSA) is 38.0 Å². The number of aromatic hydroxyl groups is 1. The van der Waals surface area contributed by atoms with Gasteiger partial charge in [0.25, 0.3) is 0 Å². The molecule has 0 bridgehead atoms. The maximum atomic E-state index is 9.63. The van der Waals surface area contributed by atoms with Gasteiger partial charge in [-0.2, -0.15) is 0 Å². The summed E-state index contributed by atoms with van der Waals surface area (Å²) in [6.45, 7) is 2.68. The van der Waals surface area contributed by atoms with Crippen LogP contribution in [0.1, 0.15) is 11.1 Å². The van der Waals surface area contributed by atoms with E-state index in [0.717, 1.165) is 22.8 Å². The molecule has 2 aromatic rings. The molecule has 0 aliphatic rings. The Bertz CT molecular complexity index is 494. The van der Waals surface area contributed by atoms with E-state index in [1.165, 1.54) is 0 Å². The van der Waals surface area contributed by atoms with Crippen LogP contribution in [0.15, 0.2) is 35.7 Å². The fraction of sp³-hybridized carbons (Fsp3) is 0.250. The van der Waals surface area contributed by atoms with E-state index in [0.29, 0.717) is 5.75 Å². The van der Waals surface area contributed by atoms with Crippen molar-refractivity contribution in [2.75, 3.05) is 6.26 Å². The van der Waals surface area contributed by atoms with Crippen LogP contribution in [0.2, 0.25) is 0 Å². The zero-order valence-electron chi connectivity index (χ0n) is 9.34. The van der Waals surface area contributed by atoms with Crippen LogP contribution in [0.4, 0.5) is 0 Å². The lowest BCUT2D eigenvalue weighted by atomic mass is 10.1. The molecule has 0 saturated heterocycles. The lowest BCUT2D eigenvalue weighted by Gasteiger charge is -2.09. The Labute approximate surface area is 99.1 Å². The molecule has 16 heavy (non-hydrogen) atoms. The third-order valence-electron chi connectivity index (χ3n) is 2.62. The second-order valence-electron chi connectivity index (χ2n) is 3.60. The summed E-state index contributed by atoms with van der Waals surface area (Å²) in [6, 6.07) is 5.61. The average molecular weight is 234 g/mol. The van der Waals surface area contributed by atoms with E-state index in [1.807, 2.05) is 31.5 Å². The molecule has 1 heterocycles. The van der Waals surface area contributed by atoms with Crippen molar-refractivity contribution in [1.29, 1.82) is 0 Å². The molecule has 1 aromatic heterocycles. The van der Waals surface area contributed by atoms with E-state index < -0.39 is 0 Å². The molecule has 0 amide bonds. The first kappa shape index (κ1) is 11.1. The summed E-state index contributed by atoms with van der Waals surface area (Å²) in [5.41, 5.74) is 2.05. The van der Waals surface area contributed by atoms with E-state index in [9.17, 15) is 5.11 Å². The lowest BCUT2D eigenvalue weighted by Crippen LogP contribution is -2.01. The molecule has 1 aromatic carbocycles. The monoisotopic (exact) mass is 234 g/mol. The average Bonchev–Trinajstić information content (AvgIpc) is 2.72. The van der Waals surface area contributed by atoms with E-state index in [1.54, 1.807) is 24.0 Å². The van der Waals surface area contributed by atoms with Crippen molar-refractivity contribution < 1.29 is 5.11 Å². The minimum Gasteiger partial charge on any atom is -0.508 e. The van der Waals surface area contributed by atoms with E-state index in [4.69, 9.17) is 0 Å². The number of phenolic OH excluding ortho intramolecular Hbond substituents is 1. The summed E-state index contributed by atoms with van der Waals surface area (Å²) in [5, 5.41) is 10.6. The second kappa shape index (κ2) is 4.61. The Hall–Kier alpha value is -1.42. The number of imidazole rings is 1. The highest BCUT2D eigenvalue weighted by atomic mass is 32.2. The maximum Gasteiger partial charge on any atom is 0.167 e. The van der Waals surface area contributed by atoms with Crippen molar-refractivity contribution in [3.8, 4) is 5.75 Å². The van der Waals surface area contributed by atoms with E-state index >= 15 is 0 Å². The van der Waals surface area contributed by atoms with Gasteiger partial charge in [0.15, 0.2) is 5.16 Å². The minimum absolute atomic E-state index is 0.350. The second-order valence-corrected chi connectivity index (χ2v) is 4.38. The van der Waals surface area contributed by atoms with Gasteiger partial charge in [0, 0.05) is 18.9 Å². The SMILES string of the molecule is CSc1nccn1Cc1cccc(O)c1C. The molecule has 84 valence electrons. The molecule has 0 saturated carbocycles. The number of rotatable bonds is 3. The highest BCUT2D eigenvalue weighted by Crippen LogP contribution is 2.22. The number of benzene rings is 1. The molecule has 1 N–H and O–H groups in total. The molecule has 0 aliphatic heterocycles. The number of hydrogen-bond donors (Lipinski definition) is 1. The lowest BCUT2D eigenvalue weighted by molar-refractivity contribution is 0.469. The first-order valence-corrected chi connectivity index (χ1v) is 6.27. The molecular formula is C12H14N2OS. The quantitative estimate of drug-likeness (QED) is 0.830. The molecule has 0 atom stereocenters. The number of aromatic nitrogens is 2. The zero-order valence-corrected chi connectivity index (χ0v) is 10.2. The Morgan fingerprint density at radius 1 is 1.44 bits per heavy atom. The number of nitrogens with zero attached hydrogens (tertiary/aromatic N) is 2. The van der Waals surface area contributed by atoms with Crippen LogP contribution in [-0.4, -0.2) is 20.9 Å². The highest BCUT2D eigenvalue weighted by Gasteiger charge is 2.06. The van der Waals surface area contributed by atoms with E-state index in [-0.39, 0.29) is 0 Å². The molecule has 0 radical (unpaired) electrons. The molecule has 0 spiro atoms. The fourth-order valence-electron chi connectivity index (χ4n) is 1.63. The standard InChI is InChI=1S/C12H14N2OS/c1-9-10(4-3-5-11(9)15)8-14-7-6-13-12(14)16-2/h3-7,15H,8H2,1-2H3. The van der Waals surface area contributed by atoms with Gasteiger partial charge >= 0.3 is 0 Å². The molecular weight excluding hydrogens is 220 g/mol. The summed E-state index contributed by atoms with van der Waals surface area (Å²) < 4.78 is 2.08. The minimum atomic E-state index is 0.350. The molecule has 3 nitrogen and oxygen atoms in total. The number of phenols is 1. The Morgan fingerprint density at radius 3 is 3.00 bits per heavy atom. The van der Waals surface area contributed by atoms with Gasteiger partial charge in [0.05, 0.1) is 0 Å². The highest BCUT2D eigenvalue weighted by molar-refractivity contribution is 7.98. The molecule has 0 aliphatic carbocycles. The third kappa shape index (κ3) is 2.07. The van der Waals surface area contributed by atoms with Crippen LogP contribution in [0.3, 0.4) is 0 Å². The molecule has 2 rings (SSSR count). The summed E-state index contributed by atoms with van der Waals surface area (Å²) in [7, 11) is 0. The summed E-state index contributed by atoms with van der Waals surface area (Å²) in [5.74, 6) is 0.350. The van der Waals surface area contributed by atoms with Crippen LogP contribution in [0, 0.1) is 6.92 Å². The van der Waals surface area contributed by atoms with Crippen molar-refractivity contribution in [3.05, 3.63) is 41.7 Å². The van der Waals surface area contributed by atoms with Crippen LogP contribution in [0.5, 0.6) is 5.75 Å². The van der Waals surface area contributed by atoms with Crippen LogP contribution in [-0.2, 0) is 6.54 Å². The smallest absolute Gasteiger partial charge is 0.167 e. The van der Waals surface area contributed by atoms with Crippen LogP contribution >= 0.6 is 11.8 Å². The van der Waals surface area contributed by atoms with Gasteiger partial charge in [-0.1, -0.05) is 23.9 Å². The summed E-state index contributed by atoms with van der Waals surface area (Å²) >= 11 is 1.62. The van der Waals surface area contributed by atoms with Crippen molar-refractivity contribution in [1.82, 2.24) is 9.55 Å². The van der Waals surface area contributed by atoms with Crippen molar-refractivity contribution >= 4 is 11.8 Å². The zero-order chi connectivity index (χ0) is 11.5. The first-order valence-electron chi connectivity index (χ1n) is 5.05. The number of hydrogen-bond acceptors (Lipinski definition) is 3. The Kier molecular flexibility index (Phi) is 3.19. The predicted octanol–water partition coefficient (Wildman–Crippen LogP) is 2.67. The van der Waals surface area contributed by atoms with Crippen LogP contribution in [0.25, 0.3) is 0 Å². The molecule has 0 fully saturated rings. The summed E-state index contributed by atoms with van der Waals surface area (Å²) in [6.07, 6.45) is 5.76. The van der Waals surface area contributed by atoms with Gasteiger partial charge in [0.2, 0.25) is 0 Å². The van der Waals surface area contributed by atoms with Gasteiger partial charge < -0.3 is 9.67 Å². The van der Waals surface area contributed by atoms with Gasteiger partial charge in [-0.3, -0.25) is 0 Å². The maximum absolute atomic E-state index is 9.63. The molecule has 0 unspecified atom stereocenters. The fourth-order valence-corrected chi connectivity index (χ4v) is 2.16. The number of thioether (sulfide) groups is 1. The van der Waals surface area contributed by atoms with Crippen LogP contribution < -0.4 is 0 Å². The largest absolute Gasteiger partial charge is 0.508 e. The Morgan fingerprint density at radius 2 is 2.25 bits per heavy atom. The normalized spacial score (nSPS) is 10.6. The van der Waals surface area contributed by atoms with Gasteiger partial charge in [-0.05, 0) is 30.4 Å². The van der Waals surface area contributed by atoms with Crippen molar-refractivity contribution in [2.24, 2.45) is 0 Å². The van der Waals surface area contributed by atoms with Crippen molar-refractivity contribution in [3.63, 3.8) is 0 Å². The van der Waals surface area contributed by atoms with Crippen molar-refractivity contribution in [2.45, 2.75) is 18.6 Å². The first-order chi connectivity index (χ1) is 7.72. The predicted molar refractivity (Wildman–Crippen MR) is 66.0 cm³/mol. The third-order valence-corrected chi connectivity index (χ3v) is 3.32.